The van der Waals surface area contributed by atoms with Crippen molar-refractivity contribution in [3.63, 3.8) is 0 Å². The topological polar surface area (TPSA) is 133 Å². The van der Waals surface area contributed by atoms with Crippen LogP contribution in [-0.2, 0) is 6.42 Å². The molecular formula is C32H28N4O5. The molecule has 41 heavy (non-hydrogen) atoms. The van der Waals surface area contributed by atoms with Gasteiger partial charge in [0, 0.05) is 23.1 Å². The number of ether oxygens (including phenoxy) is 2. The quantitative estimate of drug-likeness (QED) is 0.169. The average molecular weight is 549 g/mol. The summed E-state index contributed by atoms with van der Waals surface area (Å²) < 4.78 is 10.8. The third-order valence-electron chi connectivity index (χ3n) is 6.69. The van der Waals surface area contributed by atoms with Crippen LogP contribution < -0.4 is 9.47 Å². The van der Waals surface area contributed by atoms with E-state index in [1.165, 1.54) is 0 Å². The monoisotopic (exact) mass is 548 g/mol. The number of Topliss-reactive ketones (excluding diaryl/α,β-unsaturated/α-hetero) is 1. The number of hydrogen-bond donors (Lipinski definition) is 4. The average Bonchev–Trinajstić information content (AvgIpc) is 3.63. The largest absolute Gasteiger partial charge is 0.491 e. The minimum absolute atomic E-state index is 0.00555. The molecule has 2 heterocycles. The molecule has 0 aliphatic rings. The zero-order chi connectivity index (χ0) is 28.2. The van der Waals surface area contributed by atoms with Gasteiger partial charge in [0.05, 0.1) is 35.3 Å². The van der Waals surface area contributed by atoms with Gasteiger partial charge in [-0.3, -0.25) is 4.79 Å². The summed E-state index contributed by atoms with van der Waals surface area (Å²) in [6.07, 6.45) is 0.253. The number of H-pyrrole nitrogens is 2. The highest BCUT2D eigenvalue weighted by atomic mass is 16.5. The van der Waals surface area contributed by atoms with Crippen LogP contribution in [0.15, 0.2) is 84.9 Å². The first-order valence-corrected chi connectivity index (χ1v) is 13.3. The van der Waals surface area contributed by atoms with Gasteiger partial charge in [-0.15, -0.1) is 0 Å². The van der Waals surface area contributed by atoms with Crippen LogP contribution in [0, 0.1) is 0 Å². The predicted octanol–water partition coefficient (Wildman–Crippen LogP) is 4.94. The molecule has 0 saturated heterocycles. The van der Waals surface area contributed by atoms with E-state index < -0.39 is 0 Å². The van der Waals surface area contributed by atoms with Crippen LogP contribution in [0.2, 0.25) is 0 Å². The number of imidazole rings is 2. The first-order chi connectivity index (χ1) is 20.1. The van der Waals surface area contributed by atoms with Gasteiger partial charge in [0.25, 0.3) is 0 Å². The van der Waals surface area contributed by atoms with Crippen LogP contribution in [0.4, 0.5) is 0 Å². The molecule has 2 aromatic heterocycles. The number of ketones is 1. The van der Waals surface area contributed by atoms with E-state index in [4.69, 9.17) is 19.7 Å². The number of aromatic amines is 2. The van der Waals surface area contributed by atoms with Gasteiger partial charge in [0.1, 0.15) is 36.4 Å². The molecule has 206 valence electrons. The lowest BCUT2D eigenvalue weighted by molar-refractivity contribution is 0.0993. The molecule has 4 N–H and O–H groups in total. The molecule has 0 aliphatic carbocycles. The minimum Gasteiger partial charge on any atom is -0.491 e. The number of benzene rings is 4. The van der Waals surface area contributed by atoms with Gasteiger partial charge in [-0.05, 0) is 84.4 Å². The maximum absolute atomic E-state index is 13.2. The standard InChI is InChI=1S/C32H28N4O5/c37-13-15-40-24-7-2-21(3-8-24)31-33-26-11-1-20(17-28(26)35-31)18-30(39)23-6-12-27-29(19-23)36-32(34-27)22-4-9-25(10-5-22)41-16-14-38/h1-12,17,19,37-38H,13-16,18H2,(H,33,35)(H,34,36). The molecule has 0 aliphatic heterocycles. The zero-order valence-corrected chi connectivity index (χ0v) is 22.1. The Hall–Kier alpha value is -4.99. The van der Waals surface area contributed by atoms with Crippen molar-refractivity contribution in [3.8, 4) is 34.3 Å². The number of aromatic nitrogens is 4. The Bertz CT molecular complexity index is 1810. The Morgan fingerprint density at radius 1 is 0.659 bits per heavy atom. The van der Waals surface area contributed by atoms with Crippen LogP contribution in [-0.4, -0.2) is 62.4 Å². The van der Waals surface area contributed by atoms with Gasteiger partial charge in [-0.1, -0.05) is 6.07 Å². The van der Waals surface area contributed by atoms with E-state index in [9.17, 15) is 4.79 Å². The summed E-state index contributed by atoms with van der Waals surface area (Å²) in [5, 5.41) is 17.8. The maximum atomic E-state index is 13.2. The van der Waals surface area contributed by atoms with E-state index in [2.05, 4.69) is 19.9 Å². The molecule has 0 atom stereocenters. The van der Waals surface area contributed by atoms with Gasteiger partial charge in [0.15, 0.2) is 5.78 Å². The molecule has 6 rings (SSSR count). The third kappa shape index (κ3) is 5.81. The Labute approximate surface area is 235 Å². The molecule has 0 radical (unpaired) electrons. The van der Waals surface area contributed by atoms with Crippen molar-refractivity contribution in [1.82, 2.24) is 19.9 Å². The molecule has 9 heteroatoms. The van der Waals surface area contributed by atoms with E-state index in [-0.39, 0.29) is 38.6 Å². The summed E-state index contributed by atoms with van der Waals surface area (Å²) in [4.78, 5) is 29.2. The van der Waals surface area contributed by atoms with E-state index in [1.807, 2.05) is 84.9 Å². The summed E-state index contributed by atoms with van der Waals surface area (Å²) in [7, 11) is 0. The van der Waals surface area contributed by atoms with Crippen molar-refractivity contribution in [3.05, 3.63) is 96.1 Å². The molecule has 0 unspecified atom stereocenters. The molecule has 0 amide bonds. The fourth-order valence-corrected chi connectivity index (χ4v) is 4.66. The van der Waals surface area contributed by atoms with Crippen molar-refractivity contribution in [2.45, 2.75) is 6.42 Å². The van der Waals surface area contributed by atoms with E-state index >= 15 is 0 Å². The molecule has 0 bridgehead atoms. The van der Waals surface area contributed by atoms with Crippen LogP contribution in [0.25, 0.3) is 44.8 Å². The van der Waals surface area contributed by atoms with Crippen LogP contribution in [0.1, 0.15) is 15.9 Å². The first-order valence-electron chi connectivity index (χ1n) is 13.3. The second-order valence-electron chi connectivity index (χ2n) is 9.55. The number of aliphatic hydroxyl groups is 2. The molecule has 6 aromatic rings. The number of rotatable bonds is 11. The Kier molecular flexibility index (Phi) is 7.44. The summed E-state index contributed by atoms with van der Waals surface area (Å²) in [6.45, 7) is 0.424. The van der Waals surface area contributed by atoms with Crippen LogP contribution >= 0.6 is 0 Å². The number of hydrogen-bond acceptors (Lipinski definition) is 7. The summed E-state index contributed by atoms with van der Waals surface area (Å²) >= 11 is 0. The van der Waals surface area contributed by atoms with Crippen LogP contribution in [0.5, 0.6) is 11.5 Å². The highest BCUT2D eigenvalue weighted by molar-refractivity contribution is 6.00. The molecular weight excluding hydrogens is 520 g/mol. The Balaban J connectivity index is 1.16. The highest BCUT2D eigenvalue weighted by Gasteiger charge is 2.13. The number of nitrogens with zero attached hydrogens (tertiary/aromatic N) is 2. The van der Waals surface area contributed by atoms with Crippen molar-refractivity contribution >= 4 is 27.9 Å². The second kappa shape index (κ2) is 11.6. The lowest BCUT2D eigenvalue weighted by Crippen LogP contribution is -2.03. The fraction of sp³-hybridized carbons (Fsp3) is 0.156. The van der Waals surface area contributed by atoms with E-state index in [0.29, 0.717) is 22.9 Å². The lowest BCUT2D eigenvalue weighted by Gasteiger charge is -2.04. The van der Waals surface area contributed by atoms with Crippen molar-refractivity contribution in [2.75, 3.05) is 26.4 Å². The van der Waals surface area contributed by atoms with Crippen molar-refractivity contribution in [2.24, 2.45) is 0 Å². The molecule has 9 nitrogen and oxygen atoms in total. The van der Waals surface area contributed by atoms with E-state index in [1.54, 1.807) is 0 Å². The number of carbonyl (C=O) groups is 1. The SMILES string of the molecule is O=C(Cc1ccc2nc(-c3ccc(OCCO)cc3)[nH]c2c1)c1ccc2nc(-c3ccc(OCCO)cc3)[nH]c2c1. The molecule has 0 fully saturated rings. The number of fused-ring (bicyclic) bond motifs is 2. The van der Waals surface area contributed by atoms with Gasteiger partial charge >= 0.3 is 0 Å². The Morgan fingerprint density at radius 2 is 1.17 bits per heavy atom. The third-order valence-corrected chi connectivity index (χ3v) is 6.69. The second-order valence-corrected chi connectivity index (χ2v) is 9.55. The fourth-order valence-electron chi connectivity index (χ4n) is 4.66. The van der Waals surface area contributed by atoms with Gasteiger partial charge in [0.2, 0.25) is 0 Å². The smallest absolute Gasteiger partial charge is 0.167 e. The summed E-state index contributed by atoms with van der Waals surface area (Å²) in [6, 6.07) is 26.3. The normalized spacial score (nSPS) is 11.3. The minimum atomic E-state index is -0.0374. The molecule has 4 aromatic carbocycles. The van der Waals surface area contributed by atoms with Gasteiger partial charge in [-0.25, -0.2) is 9.97 Å². The Morgan fingerprint density at radius 3 is 1.71 bits per heavy atom. The predicted molar refractivity (Wildman–Crippen MR) is 156 cm³/mol. The number of aliphatic hydroxyl groups excluding tert-OH is 2. The number of nitrogens with one attached hydrogen (secondary N) is 2. The first kappa shape index (κ1) is 26.2. The lowest BCUT2D eigenvalue weighted by atomic mass is 10.0. The molecule has 0 saturated carbocycles. The summed E-state index contributed by atoms with van der Waals surface area (Å²) in [5.74, 6) is 2.79. The van der Waals surface area contributed by atoms with Gasteiger partial charge < -0.3 is 29.7 Å². The van der Waals surface area contributed by atoms with E-state index in [0.717, 1.165) is 44.6 Å². The van der Waals surface area contributed by atoms with Crippen LogP contribution in [0.3, 0.4) is 0 Å². The molecule has 0 spiro atoms. The highest BCUT2D eigenvalue weighted by Crippen LogP contribution is 2.26. The number of carbonyl (C=O) groups excluding carboxylic acids is 1. The van der Waals surface area contributed by atoms with Crippen molar-refractivity contribution in [1.29, 1.82) is 0 Å². The summed E-state index contributed by atoms with van der Waals surface area (Å²) in [5.41, 5.74) is 6.53. The van der Waals surface area contributed by atoms with Crippen molar-refractivity contribution < 1.29 is 24.5 Å². The maximum Gasteiger partial charge on any atom is 0.167 e. The van der Waals surface area contributed by atoms with Gasteiger partial charge in [-0.2, -0.15) is 0 Å². The zero-order valence-electron chi connectivity index (χ0n) is 22.1.